The Kier molecular flexibility index (Phi) is 5.17. The molecule has 0 aliphatic carbocycles. The molecule has 29 heavy (non-hydrogen) atoms. The Labute approximate surface area is 172 Å². The van der Waals surface area contributed by atoms with Crippen molar-refractivity contribution in [3.8, 4) is 0 Å². The molecule has 0 spiro atoms. The molecule has 5 heteroatoms. The van der Waals surface area contributed by atoms with Crippen molar-refractivity contribution in [3.63, 3.8) is 0 Å². The Morgan fingerprint density at radius 2 is 1.86 bits per heavy atom. The normalized spacial score (nSPS) is 34.6. The van der Waals surface area contributed by atoms with Gasteiger partial charge in [0.25, 0.3) is 0 Å². The number of nitrogens with zero attached hydrogens (tertiary/aromatic N) is 2. The molecule has 1 aromatic rings. The molecule has 154 valence electrons. The Hall–Kier alpha value is -2.14. The Balaban J connectivity index is 1.21. The van der Waals surface area contributed by atoms with Crippen LogP contribution in [0.25, 0.3) is 6.08 Å². The first-order chi connectivity index (χ1) is 14.2. The number of amides is 1. The minimum atomic E-state index is -0.254. The molecule has 0 saturated carbocycles. The van der Waals surface area contributed by atoms with Crippen LogP contribution in [0.1, 0.15) is 44.1 Å². The fourth-order valence-electron chi connectivity index (χ4n) is 6.09. The van der Waals surface area contributed by atoms with E-state index in [2.05, 4.69) is 9.80 Å². The van der Waals surface area contributed by atoms with E-state index in [4.69, 9.17) is 4.74 Å². The monoisotopic (exact) mass is 394 g/mol. The molecule has 0 N–H and O–H groups in total. The number of benzene rings is 1. The van der Waals surface area contributed by atoms with Gasteiger partial charge in [-0.25, -0.2) is 4.79 Å². The summed E-state index contributed by atoms with van der Waals surface area (Å²) < 4.78 is 5.79. The van der Waals surface area contributed by atoms with E-state index in [0.29, 0.717) is 29.8 Å². The van der Waals surface area contributed by atoms with E-state index in [1.165, 1.54) is 18.9 Å². The summed E-state index contributed by atoms with van der Waals surface area (Å²) in [5.74, 6) is 1.25. The lowest BCUT2D eigenvalue weighted by Crippen LogP contribution is -2.65. The van der Waals surface area contributed by atoms with E-state index in [-0.39, 0.29) is 12.1 Å². The predicted molar refractivity (Wildman–Crippen MR) is 111 cm³/mol. The van der Waals surface area contributed by atoms with E-state index in [1.807, 2.05) is 36.4 Å². The lowest BCUT2D eigenvalue weighted by Gasteiger charge is -2.57. The van der Waals surface area contributed by atoms with Crippen LogP contribution in [-0.2, 0) is 14.3 Å². The topological polar surface area (TPSA) is 49.9 Å². The number of rotatable bonds is 3. The van der Waals surface area contributed by atoms with Crippen molar-refractivity contribution in [2.45, 2.75) is 56.7 Å². The van der Waals surface area contributed by atoms with Crippen LogP contribution in [0.15, 0.2) is 36.4 Å². The van der Waals surface area contributed by atoms with Gasteiger partial charge in [0.2, 0.25) is 5.91 Å². The molecule has 4 aliphatic rings. The molecule has 0 radical (unpaired) electrons. The summed E-state index contributed by atoms with van der Waals surface area (Å²) in [5, 5.41) is 0. The zero-order chi connectivity index (χ0) is 19.8. The summed E-state index contributed by atoms with van der Waals surface area (Å²) in [6, 6.07) is 10.7. The quantitative estimate of drug-likeness (QED) is 0.584. The average Bonchev–Trinajstić information content (AvgIpc) is 2.74. The standard InChI is InChI=1S/C24H30N2O3/c27-23-8-4-7-21-18-13-19(16-26(21)23)22-14-20(11-12-25(22)15-18)29-24(28)10-9-17-5-2-1-3-6-17/h1-3,5-6,9-10,18-22H,4,7-8,11-16H2/b10-9+/t18?,19?,20-,21?,22?/m0/s1. The van der Waals surface area contributed by atoms with Crippen LogP contribution in [0.4, 0.5) is 0 Å². The number of hydrogen-bond donors (Lipinski definition) is 0. The van der Waals surface area contributed by atoms with Crippen LogP contribution in [0, 0.1) is 11.8 Å². The van der Waals surface area contributed by atoms with Crippen molar-refractivity contribution in [2.24, 2.45) is 11.8 Å². The van der Waals surface area contributed by atoms with Gasteiger partial charge in [-0.15, -0.1) is 0 Å². The predicted octanol–water partition coefficient (Wildman–Crippen LogP) is 3.11. The molecule has 0 aromatic heterocycles. The number of hydrogen-bond acceptors (Lipinski definition) is 4. The molecular weight excluding hydrogens is 364 g/mol. The van der Waals surface area contributed by atoms with Gasteiger partial charge in [0.1, 0.15) is 6.10 Å². The minimum Gasteiger partial charge on any atom is -0.459 e. The smallest absolute Gasteiger partial charge is 0.331 e. The Morgan fingerprint density at radius 1 is 1.03 bits per heavy atom. The largest absolute Gasteiger partial charge is 0.459 e. The van der Waals surface area contributed by atoms with E-state index in [9.17, 15) is 9.59 Å². The number of esters is 1. The SMILES string of the molecule is O=C(/C=C/c1ccccc1)O[C@H]1CCN2CC3CC(CN4C(=O)CCCC34)C2C1. The second-order valence-electron chi connectivity index (χ2n) is 9.15. The third-order valence-corrected chi connectivity index (χ3v) is 7.41. The van der Waals surface area contributed by atoms with Gasteiger partial charge in [-0.3, -0.25) is 9.69 Å². The molecule has 5 atom stereocenters. The van der Waals surface area contributed by atoms with Crippen molar-refractivity contribution in [1.82, 2.24) is 9.80 Å². The summed E-state index contributed by atoms with van der Waals surface area (Å²) in [6.07, 6.45) is 9.32. The number of carbonyl (C=O) groups excluding carboxylic acids is 2. The molecule has 5 nitrogen and oxygen atoms in total. The first-order valence-electron chi connectivity index (χ1n) is 11.1. The molecule has 2 bridgehead atoms. The van der Waals surface area contributed by atoms with Crippen molar-refractivity contribution >= 4 is 18.0 Å². The number of carbonyl (C=O) groups is 2. The zero-order valence-electron chi connectivity index (χ0n) is 16.9. The highest BCUT2D eigenvalue weighted by atomic mass is 16.5. The lowest BCUT2D eigenvalue weighted by molar-refractivity contribution is -0.155. The van der Waals surface area contributed by atoms with Crippen LogP contribution < -0.4 is 0 Å². The van der Waals surface area contributed by atoms with Gasteiger partial charge in [0.05, 0.1) is 0 Å². The number of piperidine rings is 4. The summed E-state index contributed by atoms with van der Waals surface area (Å²) in [7, 11) is 0. The van der Waals surface area contributed by atoms with Gasteiger partial charge >= 0.3 is 5.97 Å². The van der Waals surface area contributed by atoms with Crippen molar-refractivity contribution in [3.05, 3.63) is 42.0 Å². The maximum absolute atomic E-state index is 12.5. The number of fused-ring (bicyclic) bond motifs is 6. The number of ether oxygens (including phenoxy) is 1. The molecule has 5 rings (SSSR count). The van der Waals surface area contributed by atoms with Crippen LogP contribution in [0.2, 0.25) is 0 Å². The Bertz CT molecular complexity index is 793. The van der Waals surface area contributed by atoms with E-state index < -0.39 is 0 Å². The summed E-state index contributed by atoms with van der Waals surface area (Å²) in [4.78, 5) is 29.6. The lowest BCUT2D eigenvalue weighted by atomic mass is 9.70. The fraction of sp³-hybridized carbons (Fsp3) is 0.583. The van der Waals surface area contributed by atoms with E-state index in [1.54, 1.807) is 0 Å². The molecule has 1 aromatic carbocycles. The minimum absolute atomic E-state index is 0.0181. The summed E-state index contributed by atoms with van der Waals surface area (Å²) in [6.45, 7) is 3.00. The first-order valence-corrected chi connectivity index (χ1v) is 11.1. The third-order valence-electron chi connectivity index (χ3n) is 7.41. The van der Waals surface area contributed by atoms with Gasteiger partial charge in [-0.05, 0) is 49.2 Å². The second kappa shape index (κ2) is 7.94. The van der Waals surface area contributed by atoms with Crippen molar-refractivity contribution < 1.29 is 14.3 Å². The fourth-order valence-corrected chi connectivity index (χ4v) is 6.09. The highest BCUT2D eigenvalue weighted by molar-refractivity contribution is 5.87. The van der Waals surface area contributed by atoms with E-state index in [0.717, 1.165) is 50.9 Å². The van der Waals surface area contributed by atoms with Crippen LogP contribution in [0.3, 0.4) is 0 Å². The molecule has 1 amide bonds. The molecule has 4 aliphatic heterocycles. The van der Waals surface area contributed by atoms with Gasteiger partial charge < -0.3 is 9.64 Å². The highest BCUT2D eigenvalue weighted by Gasteiger charge is 2.49. The highest BCUT2D eigenvalue weighted by Crippen LogP contribution is 2.43. The molecule has 4 saturated heterocycles. The van der Waals surface area contributed by atoms with Crippen LogP contribution in [0.5, 0.6) is 0 Å². The molecule has 4 heterocycles. The average molecular weight is 395 g/mol. The zero-order valence-corrected chi connectivity index (χ0v) is 16.9. The second-order valence-corrected chi connectivity index (χ2v) is 9.15. The maximum atomic E-state index is 12.5. The van der Waals surface area contributed by atoms with Gasteiger partial charge in [0.15, 0.2) is 0 Å². The van der Waals surface area contributed by atoms with Gasteiger partial charge in [0, 0.05) is 50.6 Å². The Morgan fingerprint density at radius 3 is 2.72 bits per heavy atom. The van der Waals surface area contributed by atoms with Crippen LogP contribution >= 0.6 is 0 Å². The molecular formula is C24H30N2O3. The van der Waals surface area contributed by atoms with Crippen molar-refractivity contribution in [2.75, 3.05) is 19.6 Å². The summed E-state index contributed by atoms with van der Waals surface area (Å²) in [5.41, 5.74) is 1.00. The first kappa shape index (κ1) is 18.9. The van der Waals surface area contributed by atoms with Crippen LogP contribution in [-0.4, -0.2) is 59.5 Å². The molecule has 4 fully saturated rings. The van der Waals surface area contributed by atoms with Crippen molar-refractivity contribution in [1.29, 1.82) is 0 Å². The molecule has 4 unspecified atom stereocenters. The van der Waals surface area contributed by atoms with E-state index >= 15 is 0 Å². The third kappa shape index (κ3) is 3.85. The van der Waals surface area contributed by atoms with Gasteiger partial charge in [-0.1, -0.05) is 30.3 Å². The summed E-state index contributed by atoms with van der Waals surface area (Å²) >= 11 is 0. The maximum Gasteiger partial charge on any atom is 0.331 e. The van der Waals surface area contributed by atoms with Gasteiger partial charge in [-0.2, -0.15) is 0 Å².